The molecule has 0 spiro atoms. The molecule has 28 heavy (non-hydrogen) atoms. The van der Waals surface area contributed by atoms with Crippen molar-refractivity contribution in [3.8, 4) is 0 Å². The fraction of sp³-hybridized carbons (Fsp3) is 0.391. The summed E-state index contributed by atoms with van der Waals surface area (Å²) in [4.78, 5) is 28.9. The Morgan fingerprint density at radius 2 is 1.46 bits per heavy atom. The predicted octanol–water partition coefficient (Wildman–Crippen LogP) is 2.91. The van der Waals surface area contributed by atoms with Gasteiger partial charge in [0.25, 0.3) is 5.91 Å². The molecule has 2 atom stereocenters. The first kappa shape index (κ1) is 20.2. The average Bonchev–Trinajstić information content (AvgIpc) is 2.68. The number of rotatable bonds is 5. The molecule has 2 aromatic carbocycles. The predicted molar refractivity (Wildman–Crippen MR) is 109 cm³/mol. The summed E-state index contributed by atoms with van der Waals surface area (Å²) in [5.41, 5.74) is 3.53. The first-order valence-corrected chi connectivity index (χ1v) is 9.73. The number of aliphatic hydroxyl groups is 1. The molecule has 2 aromatic rings. The monoisotopic (exact) mass is 380 g/mol. The molecule has 0 radical (unpaired) electrons. The zero-order valence-corrected chi connectivity index (χ0v) is 16.8. The van der Waals surface area contributed by atoms with Crippen LogP contribution in [0.1, 0.15) is 45.7 Å². The molecule has 1 amide bonds. The van der Waals surface area contributed by atoms with Crippen LogP contribution in [0.5, 0.6) is 0 Å². The molecule has 1 fully saturated rings. The molecule has 0 aromatic heterocycles. The number of piperazine rings is 1. The van der Waals surface area contributed by atoms with Gasteiger partial charge in [0.05, 0.1) is 0 Å². The lowest BCUT2D eigenvalue weighted by Gasteiger charge is -2.44. The third kappa shape index (κ3) is 4.49. The average molecular weight is 380 g/mol. The highest BCUT2D eigenvalue weighted by Crippen LogP contribution is 2.21. The summed E-state index contributed by atoms with van der Waals surface area (Å²) in [6, 6.07) is 15.4. The van der Waals surface area contributed by atoms with E-state index in [-0.39, 0.29) is 23.8 Å². The van der Waals surface area contributed by atoms with Crippen molar-refractivity contribution in [2.45, 2.75) is 39.4 Å². The van der Waals surface area contributed by atoms with Crippen molar-refractivity contribution < 1.29 is 14.7 Å². The minimum absolute atomic E-state index is 0.0894. The summed E-state index contributed by atoms with van der Waals surface area (Å²) in [5, 5.41) is 8.95. The Morgan fingerprint density at radius 3 is 2.00 bits per heavy atom. The van der Waals surface area contributed by atoms with Crippen LogP contribution in [0.2, 0.25) is 0 Å². The van der Waals surface area contributed by atoms with Gasteiger partial charge in [0.15, 0.2) is 5.78 Å². The van der Waals surface area contributed by atoms with Gasteiger partial charge >= 0.3 is 0 Å². The lowest BCUT2D eigenvalue weighted by atomic mass is 10.0. The number of carbonyl (C=O) groups excluding carboxylic acids is 2. The van der Waals surface area contributed by atoms with E-state index in [0.717, 1.165) is 36.3 Å². The molecule has 0 unspecified atom stereocenters. The molecule has 1 aliphatic heterocycles. The molecule has 5 nitrogen and oxygen atoms in total. The second kappa shape index (κ2) is 8.67. The van der Waals surface area contributed by atoms with E-state index in [1.54, 1.807) is 12.1 Å². The van der Waals surface area contributed by atoms with Gasteiger partial charge in [0.2, 0.25) is 0 Å². The number of amides is 1. The first-order chi connectivity index (χ1) is 13.4. The quantitative estimate of drug-likeness (QED) is 0.811. The minimum Gasteiger partial charge on any atom is -0.388 e. The van der Waals surface area contributed by atoms with Crippen LogP contribution in [0.25, 0.3) is 0 Å². The van der Waals surface area contributed by atoms with Crippen molar-refractivity contribution >= 4 is 11.7 Å². The summed E-state index contributed by atoms with van der Waals surface area (Å²) in [5.74, 6) is -0.177. The molecule has 5 heteroatoms. The third-order valence-electron chi connectivity index (χ3n) is 5.35. The van der Waals surface area contributed by atoms with Crippen LogP contribution >= 0.6 is 0 Å². The van der Waals surface area contributed by atoms with E-state index in [9.17, 15) is 9.59 Å². The third-order valence-corrected chi connectivity index (χ3v) is 5.35. The number of Topliss-reactive ketones (excluding diaryl/α,β-unsaturated/α-hetero) is 1. The number of ketones is 1. The van der Waals surface area contributed by atoms with Crippen molar-refractivity contribution in [1.29, 1.82) is 0 Å². The zero-order valence-electron chi connectivity index (χ0n) is 16.8. The molecular weight excluding hydrogens is 352 g/mol. The molecule has 0 aliphatic carbocycles. The van der Waals surface area contributed by atoms with Crippen molar-refractivity contribution in [2.75, 3.05) is 19.7 Å². The maximum Gasteiger partial charge on any atom is 0.254 e. The molecule has 1 aliphatic rings. The summed E-state index contributed by atoms with van der Waals surface area (Å²) in [7, 11) is 0. The van der Waals surface area contributed by atoms with E-state index >= 15 is 0 Å². The van der Waals surface area contributed by atoms with Gasteiger partial charge in [0.1, 0.15) is 6.61 Å². The Kier molecular flexibility index (Phi) is 6.27. The van der Waals surface area contributed by atoms with Gasteiger partial charge in [0, 0.05) is 42.8 Å². The highest BCUT2D eigenvalue weighted by atomic mass is 16.3. The van der Waals surface area contributed by atoms with Gasteiger partial charge in [-0.05, 0) is 38.5 Å². The highest BCUT2D eigenvalue weighted by molar-refractivity contribution is 5.97. The van der Waals surface area contributed by atoms with Crippen molar-refractivity contribution in [3.63, 3.8) is 0 Å². The first-order valence-electron chi connectivity index (χ1n) is 9.73. The van der Waals surface area contributed by atoms with Gasteiger partial charge in [-0.3, -0.25) is 14.5 Å². The zero-order chi connectivity index (χ0) is 20.3. The summed E-state index contributed by atoms with van der Waals surface area (Å²) < 4.78 is 0. The lowest BCUT2D eigenvalue weighted by molar-refractivity contribution is 0.0268. The number of aryl methyl sites for hydroxylation is 1. The van der Waals surface area contributed by atoms with E-state index in [4.69, 9.17) is 5.11 Å². The van der Waals surface area contributed by atoms with Crippen molar-refractivity contribution in [3.05, 3.63) is 70.8 Å². The van der Waals surface area contributed by atoms with Gasteiger partial charge in [-0.25, -0.2) is 0 Å². The van der Waals surface area contributed by atoms with Crippen molar-refractivity contribution in [2.24, 2.45) is 0 Å². The van der Waals surface area contributed by atoms with Gasteiger partial charge in [-0.15, -0.1) is 0 Å². The topological polar surface area (TPSA) is 60.9 Å². The standard InChI is InChI=1S/C23H28N2O3/c1-16-4-8-21(9-5-16)23(28)25-17(2)12-24(13-18(25)3)14-19-6-10-20(11-7-19)22(27)15-26/h4-11,17-18,26H,12-15H2,1-3H3/t17-,18+. The molecule has 1 N–H and O–H groups in total. The van der Waals surface area contributed by atoms with Crippen LogP contribution in [0.15, 0.2) is 48.5 Å². The molecule has 1 saturated heterocycles. The Bertz CT molecular complexity index is 818. The van der Waals surface area contributed by atoms with Gasteiger partial charge in [-0.1, -0.05) is 42.0 Å². The van der Waals surface area contributed by atoms with E-state index in [1.165, 1.54) is 0 Å². The highest BCUT2D eigenvalue weighted by Gasteiger charge is 2.33. The number of aliphatic hydroxyl groups excluding tert-OH is 1. The van der Waals surface area contributed by atoms with Gasteiger partial charge < -0.3 is 10.0 Å². The molecular formula is C23H28N2O3. The molecule has 0 bridgehead atoms. The SMILES string of the molecule is Cc1ccc(C(=O)N2[C@H](C)CN(Cc3ccc(C(=O)CO)cc3)C[C@@H]2C)cc1. The van der Waals surface area contributed by atoms with E-state index in [0.29, 0.717) is 5.56 Å². The smallest absolute Gasteiger partial charge is 0.254 e. The van der Waals surface area contributed by atoms with Gasteiger partial charge in [-0.2, -0.15) is 0 Å². The fourth-order valence-corrected chi connectivity index (χ4v) is 3.95. The fourth-order valence-electron chi connectivity index (χ4n) is 3.95. The molecule has 1 heterocycles. The normalized spacial score (nSPS) is 20.2. The number of carbonyl (C=O) groups is 2. The van der Waals surface area contributed by atoms with Crippen LogP contribution in [0.3, 0.4) is 0 Å². The minimum atomic E-state index is -0.467. The number of benzene rings is 2. The van der Waals surface area contributed by atoms with Crippen LogP contribution < -0.4 is 0 Å². The number of hydrogen-bond donors (Lipinski definition) is 1. The van der Waals surface area contributed by atoms with E-state index < -0.39 is 6.61 Å². The number of nitrogens with zero attached hydrogens (tertiary/aromatic N) is 2. The summed E-state index contributed by atoms with van der Waals surface area (Å²) in [6.07, 6.45) is 0. The lowest BCUT2D eigenvalue weighted by Crippen LogP contribution is -2.58. The van der Waals surface area contributed by atoms with E-state index in [1.807, 2.05) is 48.2 Å². The van der Waals surface area contributed by atoms with Crippen LogP contribution in [-0.4, -0.2) is 58.4 Å². The van der Waals surface area contributed by atoms with Crippen LogP contribution in [0, 0.1) is 6.92 Å². The maximum atomic E-state index is 13.0. The molecule has 148 valence electrons. The van der Waals surface area contributed by atoms with Crippen LogP contribution in [-0.2, 0) is 6.54 Å². The largest absolute Gasteiger partial charge is 0.388 e. The Labute approximate surface area is 166 Å². The summed E-state index contributed by atoms with van der Waals surface area (Å²) >= 11 is 0. The Morgan fingerprint density at radius 1 is 0.929 bits per heavy atom. The maximum absolute atomic E-state index is 13.0. The second-order valence-electron chi connectivity index (χ2n) is 7.75. The van der Waals surface area contributed by atoms with E-state index in [2.05, 4.69) is 18.7 Å². The molecule has 3 rings (SSSR count). The summed E-state index contributed by atoms with van der Waals surface area (Å²) in [6.45, 7) is 8.12. The molecule has 0 saturated carbocycles. The second-order valence-corrected chi connectivity index (χ2v) is 7.75. The Balaban J connectivity index is 1.65. The Hall–Kier alpha value is -2.50. The van der Waals surface area contributed by atoms with Crippen molar-refractivity contribution in [1.82, 2.24) is 9.80 Å². The van der Waals surface area contributed by atoms with Crippen LogP contribution in [0.4, 0.5) is 0 Å². The number of hydrogen-bond acceptors (Lipinski definition) is 4.